The Morgan fingerprint density at radius 2 is 2.00 bits per heavy atom. The van der Waals surface area contributed by atoms with Crippen LogP contribution in [0.5, 0.6) is 0 Å². The van der Waals surface area contributed by atoms with Crippen molar-refractivity contribution in [1.29, 1.82) is 0 Å². The lowest BCUT2D eigenvalue weighted by Crippen LogP contribution is -2.50. The molecule has 1 fully saturated rings. The van der Waals surface area contributed by atoms with Gasteiger partial charge in [0.1, 0.15) is 6.04 Å². The molecule has 0 saturated carbocycles. The fraction of sp³-hybridized carbons (Fsp3) is 0.476. The maximum atomic E-state index is 13.3. The number of carboxylic acids is 1. The van der Waals surface area contributed by atoms with Gasteiger partial charge >= 0.3 is 5.97 Å². The highest BCUT2D eigenvalue weighted by molar-refractivity contribution is 5.97. The molecule has 1 aliphatic carbocycles. The first kappa shape index (κ1) is 17.8. The van der Waals surface area contributed by atoms with E-state index in [1.807, 2.05) is 42.8 Å². The first-order valence-corrected chi connectivity index (χ1v) is 9.68. The standard InChI is InChI=1S/C21H25N3O3/c1-13-10-11-23(18(12-13)21(26)27)20(25)19-15-7-5-9-17(15)24(22-19)16-8-4-3-6-14(16)2/h3-4,6,8,13,18H,5,7,9-12H2,1-2H3,(H,26,27). The summed E-state index contributed by atoms with van der Waals surface area (Å²) in [4.78, 5) is 26.5. The van der Waals surface area contributed by atoms with Crippen molar-refractivity contribution in [1.82, 2.24) is 14.7 Å². The lowest BCUT2D eigenvalue weighted by molar-refractivity contribution is -0.144. The van der Waals surface area contributed by atoms with E-state index in [0.29, 0.717) is 24.6 Å². The smallest absolute Gasteiger partial charge is 0.326 e. The van der Waals surface area contributed by atoms with Gasteiger partial charge in [-0.25, -0.2) is 9.48 Å². The summed E-state index contributed by atoms with van der Waals surface area (Å²) in [5.74, 6) is -0.852. The minimum atomic E-state index is -0.926. The number of aliphatic carboxylic acids is 1. The maximum absolute atomic E-state index is 13.3. The van der Waals surface area contributed by atoms with Crippen molar-refractivity contribution in [2.45, 2.75) is 52.0 Å². The van der Waals surface area contributed by atoms with E-state index in [1.165, 1.54) is 4.90 Å². The summed E-state index contributed by atoms with van der Waals surface area (Å²) in [5.41, 5.74) is 4.60. The predicted octanol–water partition coefficient (Wildman–Crippen LogP) is 2.99. The second-order valence-corrected chi connectivity index (χ2v) is 7.81. The van der Waals surface area contributed by atoms with Crippen LogP contribution in [0.3, 0.4) is 0 Å². The van der Waals surface area contributed by atoms with Gasteiger partial charge in [0.2, 0.25) is 0 Å². The highest BCUT2D eigenvalue weighted by Crippen LogP contribution is 2.31. The third-order valence-electron chi connectivity index (χ3n) is 5.89. The zero-order valence-electron chi connectivity index (χ0n) is 15.8. The Morgan fingerprint density at radius 1 is 1.22 bits per heavy atom. The number of fused-ring (bicyclic) bond motifs is 1. The van der Waals surface area contributed by atoms with Crippen LogP contribution in [-0.4, -0.2) is 44.3 Å². The third kappa shape index (κ3) is 3.03. The van der Waals surface area contributed by atoms with Crippen molar-refractivity contribution < 1.29 is 14.7 Å². The number of carbonyl (C=O) groups excluding carboxylic acids is 1. The van der Waals surface area contributed by atoms with E-state index in [1.54, 1.807) is 0 Å². The Balaban J connectivity index is 1.74. The molecule has 27 heavy (non-hydrogen) atoms. The van der Waals surface area contributed by atoms with Crippen molar-refractivity contribution in [3.63, 3.8) is 0 Å². The predicted molar refractivity (Wildman–Crippen MR) is 101 cm³/mol. The summed E-state index contributed by atoms with van der Waals surface area (Å²) < 4.78 is 1.90. The topological polar surface area (TPSA) is 75.4 Å². The van der Waals surface area contributed by atoms with Crippen molar-refractivity contribution in [3.8, 4) is 5.69 Å². The zero-order chi connectivity index (χ0) is 19.1. The van der Waals surface area contributed by atoms with Gasteiger partial charge < -0.3 is 10.0 Å². The number of carbonyl (C=O) groups is 2. The molecule has 0 spiro atoms. The molecule has 6 heteroatoms. The fourth-order valence-electron chi connectivity index (χ4n) is 4.36. The summed E-state index contributed by atoms with van der Waals surface area (Å²) in [6, 6.07) is 7.24. The van der Waals surface area contributed by atoms with E-state index < -0.39 is 12.0 Å². The summed E-state index contributed by atoms with van der Waals surface area (Å²) >= 11 is 0. The maximum Gasteiger partial charge on any atom is 0.326 e. The Morgan fingerprint density at radius 3 is 2.74 bits per heavy atom. The SMILES string of the molecule is Cc1ccccc1-n1nc(C(=O)N2CCC(C)CC2C(=O)O)c2c1CCC2. The van der Waals surface area contributed by atoms with Crippen LogP contribution < -0.4 is 0 Å². The van der Waals surface area contributed by atoms with Crippen molar-refractivity contribution in [2.75, 3.05) is 6.54 Å². The van der Waals surface area contributed by atoms with Gasteiger partial charge in [0.25, 0.3) is 5.91 Å². The van der Waals surface area contributed by atoms with Crippen LogP contribution in [-0.2, 0) is 17.6 Å². The number of nitrogens with zero attached hydrogens (tertiary/aromatic N) is 3. The van der Waals surface area contributed by atoms with Crippen LogP contribution in [0, 0.1) is 12.8 Å². The van der Waals surface area contributed by atoms with Crippen molar-refractivity contribution in [2.24, 2.45) is 5.92 Å². The second kappa shape index (κ2) is 6.83. The number of aryl methyl sites for hydroxylation is 1. The molecule has 2 atom stereocenters. The van der Waals surface area contributed by atoms with E-state index in [-0.39, 0.29) is 5.91 Å². The number of amides is 1. The fourth-order valence-corrected chi connectivity index (χ4v) is 4.36. The third-order valence-corrected chi connectivity index (χ3v) is 5.89. The summed E-state index contributed by atoms with van der Waals surface area (Å²) in [6.07, 6.45) is 4.05. The van der Waals surface area contributed by atoms with E-state index in [9.17, 15) is 14.7 Å². The van der Waals surface area contributed by atoms with E-state index in [2.05, 4.69) is 5.10 Å². The molecule has 2 aromatic rings. The van der Waals surface area contributed by atoms with Crippen LogP contribution in [0.4, 0.5) is 0 Å². The first-order chi connectivity index (χ1) is 13.0. The van der Waals surface area contributed by atoms with Gasteiger partial charge in [-0.05, 0) is 56.6 Å². The number of rotatable bonds is 3. The second-order valence-electron chi connectivity index (χ2n) is 7.81. The minimum absolute atomic E-state index is 0.236. The van der Waals surface area contributed by atoms with Gasteiger partial charge in [-0.15, -0.1) is 0 Å². The van der Waals surface area contributed by atoms with Gasteiger partial charge in [0.05, 0.1) is 5.69 Å². The van der Waals surface area contributed by atoms with E-state index in [0.717, 1.165) is 48.2 Å². The lowest BCUT2D eigenvalue weighted by atomic mass is 9.92. The van der Waals surface area contributed by atoms with Gasteiger partial charge in [0, 0.05) is 17.8 Å². The minimum Gasteiger partial charge on any atom is -0.480 e. The van der Waals surface area contributed by atoms with Crippen LogP contribution in [0.1, 0.15) is 53.5 Å². The zero-order valence-corrected chi connectivity index (χ0v) is 15.8. The molecule has 0 bridgehead atoms. The molecular weight excluding hydrogens is 342 g/mol. The van der Waals surface area contributed by atoms with Gasteiger partial charge in [-0.2, -0.15) is 5.10 Å². The molecular formula is C21H25N3O3. The number of aromatic nitrogens is 2. The Hall–Kier alpha value is -2.63. The number of likely N-dealkylation sites (tertiary alicyclic amines) is 1. The highest BCUT2D eigenvalue weighted by Gasteiger charge is 2.38. The molecule has 0 radical (unpaired) electrons. The van der Waals surface area contributed by atoms with Crippen molar-refractivity contribution >= 4 is 11.9 Å². The van der Waals surface area contributed by atoms with E-state index >= 15 is 0 Å². The lowest BCUT2D eigenvalue weighted by Gasteiger charge is -2.35. The Bertz CT molecular complexity index is 902. The van der Waals surface area contributed by atoms with Crippen LogP contribution in [0.25, 0.3) is 5.69 Å². The first-order valence-electron chi connectivity index (χ1n) is 9.68. The van der Waals surface area contributed by atoms with E-state index in [4.69, 9.17) is 0 Å². The quantitative estimate of drug-likeness (QED) is 0.905. The number of hydrogen-bond donors (Lipinski definition) is 1. The molecule has 1 aromatic carbocycles. The van der Waals surface area contributed by atoms with Gasteiger partial charge in [-0.3, -0.25) is 4.79 Å². The average molecular weight is 367 g/mol. The normalized spacial score (nSPS) is 21.9. The summed E-state index contributed by atoms with van der Waals surface area (Å²) in [7, 11) is 0. The highest BCUT2D eigenvalue weighted by atomic mass is 16.4. The molecule has 2 heterocycles. The molecule has 2 unspecified atom stereocenters. The van der Waals surface area contributed by atoms with Crippen molar-refractivity contribution in [3.05, 3.63) is 46.8 Å². The molecule has 1 aliphatic heterocycles. The molecule has 2 aliphatic rings. The number of benzene rings is 1. The molecule has 4 rings (SSSR count). The summed E-state index contributed by atoms with van der Waals surface area (Å²) in [5, 5.41) is 14.3. The number of carboxylic acid groups (broad SMARTS) is 1. The average Bonchev–Trinajstić information content (AvgIpc) is 3.24. The Kier molecular flexibility index (Phi) is 4.50. The van der Waals surface area contributed by atoms with Crippen LogP contribution in [0.15, 0.2) is 24.3 Å². The largest absolute Gasteiger partial charge is 0.480 e. The van der Waals surface area contributed by atoms with Crippen LogP contribution >= 0.6 is 0 Å². The molecule has 1 N–H and O–H groups in total. The number of hydrogen-bond acceptors (Lipinski definition) is 3. The Labute approximate surface area is 158 Å². The van der Waals surface area contributed by atoms with Crippen LogP contribution in [0.2, 0.25) is 0 Å². The number of piperidine rings is 1. The monoisotopic (exact) mass is 367 g/mol. The summed E-state index contributed by atoms with van der Waals surface area (Å²) in [6.45, 7) is 4.55. The molecule has 1 amide bonds. The van der Waals surface area contributed by atoms with Gasteiger partial charge in [0.15, 0.2) is 5.69 Å². The van der Waals surface area contributed by atoms with Gasteiger partial charge in [-0.1, -0.05) is 25.1 Å². The molecule has 1 aromatic heterocycles. The number of para-hydroxylation sites is 1. The molecule has 1 saturated heterocycles. The molecule has 6 nitrogen and oxygen atoms in total. The molecule has 142 valence electrons.